The Morgan fingerprint density at radius 3 is 2.16 bits per heavy atom. The number of hydrogen-bond acceptors (Lipinski definition) is 4. The molecule has 4 nitrogen and oxygen atoms in total. The van der Waals surface area contributed by atoms with Crippen molar-refractivity contribution in [1.29, 1.82) is 0 Å². The van der Waals surface area contributed by atoms with Crippen molar-refractivity contribution >= 4 is 8.07 Å². The van der Waals surface area contributed by atoms with Crippen LogP contribution in [0.15, 0.2) is 18.2 Å². The lowest BCUT2D eigenvalue weighted by Crippen LogP contribution is -2.48. The van der Waals surface area contributed by atoms with Crippen molar-refractivity contribution in [2.45, 2.75) is 69.4 Å². The van der Waals surface area contributed by atoms with Gasteiger partial charge < -0.3 is 19.3 Å². The Hall–Kier alpha value is -1.32. The topological polar surface area (TPSA) is 47.9 Å². The molecule has 1 N–H and O–H groups in total. The minimum Gasteiger partial charge on any atom is -0.491 e. The van der Waals surface area contributed by atoms with Crippen molar-refractivity contribution < 1.29 is 19.3 Å². The molecule has 0 heterocycles. The fraction of sp³-hybridized carbons (Fsp3) is 0.692. The molecule has 4 fully saturated rings. The van der Waals surface area contributed by atoms with Gasteiger partial charge in [-0.2, -0.15) is 0 Å². The van der Waals surface area contributed by atoms with Crippen LogP contribution in [0.3, 0.4) is 0 Å². The highest BCUT2D eigenvalue weighted by Gasteiger charge is 2.52. The molecule has 0 amide bonds. The largest absolute Gasteiger partial charge is 0.491 e. The molecule has 31 heavy (non-hydrogen) atoms. The quantitative estimate of drug-likeness (QED) is 0.284. The monoisotopic (exact) mass is 442 g/mol. The van der Waals surface area contributed by atoms with Gasteiger partial charge in [0.15, 0.2) is 0 Å². The Kier molecular flexibility index (Phi) is 6.31. The molecule has 170 valence electrons. The molecule has 4 bridgehead atoms. The molecule has 0 radical (unpaired) electrons. The maximum Gasteiger partial charge on any atom is 0.258 e. The number of aliphatic hydroxyl groups is 1. The van der Waals surface area contributed by atoms with Crippen molar-refractivity contribution in [1.82, 2.24) is 0 Å². The first-order valence-corrected chi connectivity index (χ1v) is 15.2. The summed E-state index contributed by atoms with van der Waals surface area (Å²) in [5.74, 6) is 4.88. The van der Waals surface area contributed by atoms with Crippen LogP contribution in [0, 0.1) is 29.2 Å². The number of rotatable bonds is 7. The first kappa shape index (κ1) is 22.9. The molecule has 4 saturated carbocycles. The van der Waals surface area contributed by atoms with Crippen LogP contribution in [0.4, 0.5) is 0 Å². The molecule has 0 saturated heterocycles. The van der Waals surface area contributed by atoms with Crippen molar-refractivity contribution in [3.63, 3.8) is 0 Å². The molecule has 0 spiro atoms. The molecule has 4 aliphatic rings. The van der Waals surface area contributed by atoms with Gasteiger partial charge in [-0.1, -0.05) is 19.6 Å². The molecule has 5 heteroatoms. The number of methoxy groups -OCH3 is 2. The summed E-state index contributed by atoms with van der Waals surface area (Å²) in [7, 11) is 1.57. The Labute approximate surface area is 188 Å². The van der Waals surface area contributed by atoms with E-state index in [0.29, 0.717) is 18.8 Å². The molecular weight excluding hydrogens is 404 g/mol. The predicted octanol–water partition coefficient (Wildman–Crippen LogP) is 4.85. The normalized spacial score (nSPS) is 31.1. The molecule has 5 rings (SSSR count). The first-order valence-electron chi connectivity index (χ1n) is 11.7. The van der Waals surface area contributed by atoms with Gasteiger partial charge in [0.05, 0.1) is 6.61 Å². The van der Waals surface area contributed by atoms with E-state index >= 15 is 0 Å². The van der Waals surface area contributed by atoms with Gasteiger partial charge in [0, 0.05) is 25.3 Å². The highest BCUT2D eigenvalue weighted by Crippen LogP contribution is 2.62. The fourth-order valence-corrected chi connectivity index (χ4v) is 7.01. The molecule has 4 aliphatic carbocycles. The van der Waals surface area contributed by atoms with Crippen LogP contribution < -0.4 is 4.74 Å². The van der Waals surface area contributed by atoms with Gasteiger partial charge >= 0.3 is 0 Å². The van der Waals surface area contributed by atoms with Crippen LogP contribution in [0.2, 0.25) is 19.6 Å². The van der Waals surface area contributed by atoms with Crippen LogP contribution in [-0.2, 0) is 20.7 Å². The summed E-state index contributed by atoms with van der Waals surface area (Å²) in [4.78, 5) is 0. The maximum absolute atomic E-state index is 11.3. The van der Waals surface area contributed by atoms with Crippen LogP contribution in [0.5, 0.6) is 5.75 Å². The second kappa shape index (κ2) is 8.55. The number of ether oxygens (including phenoxy) is 3. The van der Waals surface area contributed by atoms with E-state index in [4.69, 9.17) is 14.2 Å². The van der Waals surface area contributed by atoms with Crippen molar-refractivity contribution in [3.8, 4) is 17.2 Å². The minimum absolute atomic E-state index is 0.147. The third kappa shape index (κ3) is 4.73. The Morgan fingerprint density at radius 1 is 1.03 bits per heavy atom. The van der Waals surface area contributed by atoms with Gasteiger partial charge in [0.2, 0.25) is 0 Å². The van der Waals surface area contributed by atoms with Gasteiger partial charge in [-0.15, -0.1) is 5.54 Å². The number of benzene rings is 1. The lowest BCUT2D eigenvalue weighted by molar-refractivity contribution is -0.145. The highest BCUT2D eigenvalue weighted by molar-refractivity contribution is 6.83. The van der Waals surface area contributed by atoms with E-state index in [1.54, 1.807) is 7.11 Å². The molecule has 1 atom stereocenters. The van der Waals surface area contributed by atoms with Gasteiger partial charge in [-0.25, -0.2) is 0 Å². The predicted molar refractivity (Wildman–Crippen MR) is 126 cm³/mol. The molecule has 1 unspecified atom stereocenters. The van der Waals surface area contributed by atoms with Crippen molar-refractivity contribution in [2.75, 3.05) is 27.4 Å². The van der Waals surface area contributed by atoms with E-state index in [9.17, 15) is 5.11 Å². The maximum atomic E-state index is 11.3. The van der Waals surface area contributed by atoms with Crippen molar-refractivity contribution in [3.05, 3.63) is 29.3 Å². The number of hydrogen-bond donors (Lipinski definition) is 1. The zero-order chi connectivity index (χ0) is 22.3. The average molecular weight is 443 g/mol. The molecule has 1 aromatic rings. The smallest absolute Gasteiger partial charge is 0.258 e. The zero-order valence-electron chi connectivity index (χ0n) is 19.8. The molecule has 0 aromatic heterocycles. The van der Waals surface area contributed by atoms with Gasteiger partial charge in [-0.3, -0.25) is 0 Å². The van der Waals surface area contributed by atoms with E-state index in [2.05, 4.69) is 37.2 Å². The van der Waals surface area contributed by atoms with Gasteiger partial charge in [-0.05, 0) is 85.8 Å². The summed E-state index contributed by atoms with van der Waals surface area (Å²) >= 11 is 0. The highest BCUT2D eigenvalue weighted by atomic mass is 28.3. The SMILES string of the molecule is COCCOc1ccc(C(O)(C#C[Si](C)(C)C)OC)cc1C12CC3CC(CC(C3)C1)C2. The van der Waals surface area contributed by atoms with E-state index in [-0.39, 0.29) is 5.41 Å². The fourth-order valence-electron chi connectivity index (χ4n) is 6.47. The molecule has 0 aliphatic heterocycles. The van der Waals surface area contributed by atoms with Crippen LogP contribution in [0.25, 0.3) is 0 Å². The van der Waals surface area contributed by atoms with Crippen LogP contribution >= 0.6 is 0 Å². The van der Waals surface area contributed by atoms with E-state index < -0.39 is 13.9 Å². The summed E-state index contributed by atoms with van der Waals surface area (Å²) in [6.45, 7) is 7.60. The second-order valence-corrected chi connectivity index (χ2v) is 15.8. The van der Waals surface area contributed by atoms with E-state index in [0.717, 1.165) is 23.5 Å². The Morgan fingerprint density at radius 2 is 1.65 bits per heavy atom. The van der Waals surface area contributed by atoms with E-state index in [1.165, 1.54) is 51.2 Å². The lowest BCUT2D eigenvalue weighted by atomic mass is 9.48. The summed E-state index contributed by atoms with van der Waals surface area (Å²) in [5.41, 5.74) is 5.39. The second-order valence-electron chi connectivity index (χ2n) is 11.1. The van der Waals surface area contributed by atoms with Crippen molar-refractivity contribution in [2.24, 2.45) is 17.8 Å². The Balaban J connectivity index is 1.75. The summed E-state index contributed by atoms with van der Waals surface area (Å²) < 4.78 is 17.0. The molecular formula is C26H38O4Si. The lowest BCUT2D eigenvalue weighted by Gasteiger charge is -2.57. The standard InChI is InChI=1S/C26H38O4Si/c1-28-9-10-30-24-7-6-22(26(27,29-2)8-11-31(3,4)5)15-23(24)25-16-19-12-20(17-25)14-21(13-19)18-25/h6-7,15,19-21,27H,9-10,12-14,16-18H2,1-5H3. The zero-order valence-corrected chi connectivity index (χ0v) is 20.8. The van der Waals surface area contributed by atoms with Crippen LogP contribution in [0.1, 0.15) is 49.7 Å². The third-order valence-corrected chi connectivity index (χ3v) is 8.30. The summed E-state index contributed by atoms with van der Waals surface area (Å²) in [6.07, 6.45) is 7.87. The van der Waals surface area contributed by atoms with Gasteiger partial charge in [0.1, 0.15) is 20.4 Å². The Bertz CT molecular complexity index is 827. The van der Waals surface area contributed by atoms with Crippen LogP contribution in [-0.4, -0.2) is 40.6 Å². The minimum atomic E-state index is -1.66. The van der Waals surface area contributed by atoms with Gasteiger partial charge in [0.25, 0.3) is 5.79 Å². The third-order valence-electron chi connectivity index (χ3n) is 7.43. The molecule has 1 aromatic carbocycles. The van der Waals surface area contributed by atoms with E-state index in [1.807, 2.05) is 12.1 Å². The summed E-state index contributed by atoms with van der Waals surface area (Å²) in [5, 5.41) is 11.3. The first-order chi connectivity index (χ1) is 14.7. The summed E-state index contributed by atoms with van der Waals surface area (Å²) in [6, 6.07) is 6.06. The average Bonchev–Trinajstić information content (AvgIpc) is 2.71.